The largest absolute Gasteiger partial charge is 0.493 e. The monoisotopic (exact) mass is 403 g/mol. The third-order valence-corrected chi connectivity index (χ3v) is 5.82. The molecule has 142 valence electrons. The van der Waals surface area contributed by atoms with Gasteiger partial charge >= 0.3 is 0 Å². The molecule has 2 rings (SSSR count). The van der Waals surface area contributed by atoms with E-state index in [4.69, 9.17) is 25.8 Å². The van der Waals surface area contributed by atoms with E-state index in [0.29, 0.717) is 22.8 Å². The van der Waals surface area contributed by atoms with Gasteiger partial charge in [0.25, 0.3) is 0 Å². The number of ether oxygens (including phenoxy) is 3. The molecular formula is C17H19ClFNO5S. The number of hydrogen-bond donors (Lipinski definition) is 0. The minimum atomic E-state index is -3.86. The van der Waals surface area contributed by atoms with Gasteiger partial charge in [-0.2, -0.15) is 4.31 Å². The molecule has 9 heteroatoms. The number of sulfonamides is 1. The van der Waals surface area contributed by atoms with E-state index in [1.165, 1.54) is 34.4 Å². The van der Waals surface area contributed by atoms with Crippen molar-refractivity contribution in [3.63, 3.8) is 0 Å². The average Bonchev–Trinajstić information content (AvgIpc) is 2.62. The molecule has 0 aromatic heterocycles. The zero-order valence-corrected chi connectivity index (χ0v) is 16.3. The van der Waals surface area contributed by atoms with Crippen molar-refractivity contribution in [2.24, 2.45) is 0 Å². The highest BCUT2D eigenvalue weighted by molar-refractivity contribution is 7.89. The van der Waals surface area contributed by atoms with E-state index in [9.17, 15) is 12.8 Å². The molecule has 0 spiro atoms. The third kappa shape index (κ3) is 4.03. The zero-order valence-electron chi connectivity index (χ0n) is 14.7. The first-order valence-electron chi connectivity index (χ1n) is 7.44. The van der Waals surface area contributed by atoms with Crippen molar-refractivity contribution >= 4 is 21.6 Å². The maximum Gasteiger partial charge on any atom is 0.243 e. The van der Waals surface area contributed by atoms with Crippen LogP contribution in [-0.4, -0.2) is 41.1 Å². The third-order valence-electron chi connectivity index (χ3n) is 3.73. The minimum absolute atomic E-state index is 0.0358. The summed E-state index contributed by atoms with van der Waals surface area (Å²) in [6.07, 6.45) is 0. The standard InChI is InChI=1S/C17H19ClFNO5S/c1-20(26(21,22)12-5-6-14(19)13(18)9-12)10-11-7-15(23-2)17(25-4)16(8-11)24-3/h5-9H,10H2,1-4H3. The Kier molecular flexibility index (Phi) is 6.33. The molecule has 0 saturated carbocycles. The van der Waals surface area contributed by atoms with Gasteiger partial charge in [0, 0.05) is 13.6 Å². The molecule has 0 radical (unpaired) electrons. The van der Waals surface area contributed by atoms with Crippen LogP contribution in [0.4, 0.5) is 4.39 Å². The van der Waals surface area contributed by atoms with Crippen molar-refractivity contribution in [3.8, 4) is 17.2 Å². The van der Waals surface area contributed by atoms with Crippen LogP contribution in [0, 0.1) is 5.82 Å². The van der Waals surface area contributed by atoms with Gasteiger partial charge < -0.3 is 14.2 Å². The van der Waals surface area contributed by atoms with Gasteiger partial charge in [0.05, 0.1) is 31.2 Å². The summed E-state index contributed by atoms with van der Waals surface area (Å²) >= 11 is 5.69. The molecule has 0 atom stereocenters. The molecule has 0 heterocycles. The summed E-state index contributed by atoms with van der Waals surface area (Å²) in [5.74, 6) is 0.558. The molecule has 0 aliphatic carbocycles. The van der Waals surface area contributed by atoms with Gasteiger partial charge in [0.2, 0.25) is 15.8 Å². The van der Waals surface area contributed by atoms with Gasteiger partial charge in [-0.3, -0.25) is 0 Å². The van der Waals surface area contributed by atoms with Gasteiger partial charge in [0.15, 0.2) is 11.5 Å². The van der Waals surface area contributed by atoms with Crippen molar-refractivity contribution in [1.82, 2.24) is 4.31 Å². The number of methoxy groups -OCH3 is 3. The van der Waals surface area contributed by atoms with Gasteiger partial charge in [-0.15, -0.1) is 0 Å². The van der Waals surface area contributed by atoms with E-state index in [0.717, 1.165) is 16.4 Å². The van der Waals surface area contributed by atoms with E-state index in [-0.39, 0.29) is 16.5 Å². The van der Waals surface area contributed by atoms with Crippen LogP contribution in [-0.2, 0) is 16.6 Å². The summed E-state index contributed by atoms with van der Waals surface area (Å²) in [6, 6.07) is 6.58. The van der Waals surface area contributed by atoms with Crippen LogP contribution in [0.25, 0.3) is 0 Å². The van der Waals surface area contributed by atoms with E-state index in [2.05, 4.69) is 0 Å². The van der Waals surface area contributed by atoms with Crippen LogP contribution in [0.5, 0.6) is 17.2 Å². The van der Waals surface area contributed by atoms with E-state index in [1.54, 1.807) is 12.1 Å². The quantitative estimate of drug-likeness (QED) is 0.709. The zero-order chi connectivity index (χ0) is 19.5. The first-order valence-corrected chi connectivity index (χ1v) is 9.26. The predicted molar refractivity (Wildman–Crippen MR) is 96.2 cm³/mol. The molecular weight excluding hydrogens is 385 g/mol. The molecule has 0 aliphatic rings. The molecule has 6 nitrogen and oxygen atoms in total. The number of halogens is 2. The summed E-state index contributed by atoms with van der Waals surface area (Å²) in [5.41, 5.74) is 0.624. The normalized spacial score (nSPS) is 11.5. The Hall–Kier alpha value is -2.03. The molecule has 0 bridgehead atoms. The second-order valence-electron chi connectivity index (χ2n) is 5.37. The maximum absolute atomic E-state index is 13.3. The van der Waals surface area contributed by atoms with Crippen LogP contribution in [0.1, 0.15) is 5.56 Å². The number of benzene rings is 2. The number of nitrogens with zero attached hydrogens (tertiary/aromatic N) is 1. The molecule has 26 heavy (non-hydrogen) atoms. The maximum atomic E-state index is 13.3. The van der Waals surface area contributed by atoms with Crippen molar-refractivity contribution < 1.29 is 27.0 Å². The SMILES string of the molecule is COc1cc(CN(C)S(=O)(=O)c2ccc(F)c(Cl)c2)cc(OC)c1OC. The van der Waals surface area contributed by atoms with E-state index < -0.39 is 15.8 Å². The lowest BCUT2D eigenvalue weighted by molar-refractivity contribution is 0.323. The Balaban J connectivity index is 2.36. The molecule has 2 aromatic carbocycles. The highest BCUT2D eigenvalue weighted by Crippen LogP contribution is 2.38. The lowest BCUT2D eigenvalue weighted by Gasteiger charge is -2.19. The highest BCUT2D eigenvalue weighted by atomic mass is 35.5. The van der Waals surface area contributed by atoms with Crippen LogP contribution in [0.3, 0.4) is 0 Å². The summed E-state index contributed by atoms with van der Waals surface area (Å²) < 4.78 is 55.6. The smallest absolute Gasteiger partial charge is 0.243 e. The molecule has 2 aromatic rings. The van der Waals surface area contributed by atoms with Crippen molar-refractivity contribution in [1.29, 1.82) is 0 Å². The molecule has 0 fully saturated rings. The summed E-state index contributed by atoms with van der Waals surface area (Å²) in [6.45, 7) is 0.0358. The minimum Gasteiger partial charge on any atom is -0.493 e. The van der Waals surface area contributed by atoms with Crippen molar-refractivity contribution in [3.05, 3.63) is 46.7 Å². The lowest BCUT2D eigenvalue weighted by Crippen LogP contribution is -2.26. The second kappa shape index (κ2) is 8.11. The number of rotatable bonds is 7. The van der Waals surface area contributed by atoms with Crippen molar-refractivity contribution in [2.75, 3.05) is 28.4 Å². The summed E-state index contributed by atoms with van der Waals surface area (Å²) in [7, 11) is 1.98. The summed E-state index contributed by atoms with van der Waals surface area (Å²) in [4.78, 5) is -0.0983. The Labute approximate surface area is 157 Å². The lowest BCUT2D eigenvalue weighted by atomic mass is 10.2. The topological polar surface area (TPSA) is 65.1 Å². The fourth-order valence-corrected chi connectivity index (χ4v) is 3.82. The van der Waals surface area contributed by atoms with Crippen LogP contribution in [0.15, 0.2) is 35.2 Å². The molecule has 0 unspecified atom stereocenters. The fraction of sp³-hybridized carbons (Fsp3) is 0.294. The molecule has 0 aliphatic heterocycles. The van der Waals surface area contributed by atoms with Crippen molar-refractivity contribution in [2.45, 2.75) is 11.4 Å². The number of hydrogen-bond acceptors (Lipinski definition) is 5. The Morgan fingerprint density at radius 2 is 1.62 bits per heavy atom. The van der Waals surface area contributed by atoms with Gasteiger partial charge in [0.1, 0.15) is 5.82 Å². The molecule has 0 N–H and O–H groups in total. The first-order chi connectivity index (χ1) is 12.2. The Bertz CT molecular complexity index is 879. The summed E-state index contributed by atoms with van der Waals surface area (Å²) in [5, 5.41) is -0.257. The van der Waals surface area contributed by atoms with Gasteiger partial charge in [-0.25, -0.2) is 12.8 Å². The van der Waals surface area contributed by atoms with E-state index in [1.807, 2.05) is 0 Å². The van der Waals surface area contributed by atoms with Crippen LogP contribution < -0.4 is 14.2 Å². The fourth-order valence-electron chi connectivity index (χ4n) is 2.39. The van der Waals surface area contributed by atoms with E-state index >= 15 is 0 Å². The molecule has 0 saturated heterocycles. The average molecular weight is 404 g/mol. The highest BCUT2D eigenvalue weighted by Gasteiger charge is 2.23. The second-order valence-corrected chi connectivity index (χ2v) is 7.82. The van der Waals surface area contributed by atoms with Crippen LogP contribution >= 0.6 is 11.6 Å². The van der Waals surface area contributed by atoms with Gasteiger partial charge in [-0.05, 0) is 35.9 Å². The predicted octanol–water partition coefficient (Wildman–Crippen LogP) is 3.33. The van der Waals surface area contributed by atoms with Gasteiger partial charge in [-0.1, -0.05) is 11.6 Å². The van der Waals surface area contributed by atoms with Crippen LogP contribution in [0.2, 0.25) is 5.02 Å². The Morgan fingerprint density at radius 1 is 1.04 bits per heavy atom. The molecule has 0 amide bonds. The first kappa shape index (κ1) is 20.3. The Morgan fingerprint density at radius 3 is 2.08 bits per heavy atom.